The summed E-state index contributed by atoms with van der Waals surface area (Å²) in [6, 6.07) is 15.3. The molecule has 1 fully saturated rings. The number of aromatic nitrogens is 3. The summed E-state index contributed by atoms with van der Waals surface area (Å²) in [6.45, 7) is 1.48. The summed E-state index contributed by atoms with van der Waals surface area (Å²) in [6.07, 6.45) is 1.53. The zero-order valence-electron chi connectivity index (χ0n) is 18.0. The lowest BCUT2D eigenvalue weighted by molar-refractivity contribution is -0.245. The van der Waals surface area contributed by atoms with Gasteiger partial charge >= 0.3 is 0 Å². The van der Waals surface area contributed by atoms with E-state index in [2.05, 4.69) is 15.5 Å². The van der Waals surface area contributed by atoms with Gasteiger partial charge in [-0.15, -0.1) is 10.2 Å². The van der Waals surface area contributed by atoms with Crippen LogP contribution < -0.4 is 5.32 Å². The lowest BCUT2D eigenvalue weighted by Crippen LogP contribution is -2.31. The lowest BCUT2D eigenvalue weighted by Gasteiger charge is -2.36. The quantitative estimate of drug-likeness (QED) is 0.526. The fourth-order valence-electron chi connectivity index (χ4n) is 3.56. The highest BCUT2D eigenvalue weighted by Gasteiger charge is 2.32. The molecule has 0 aliphatic carbocycles. The summed E-state index contributed by atoms with van der Waals surface area (Å²) in [5.74, 6) is 0.565. The van der Waals surface area contributed by atoms with E-state index in [9.17, 15) is 9.90 Å². The second-order valence-corrected chi connectivity index (χ2v) is 8.68. The molecule has 32 heavy (non-hydrogen) atoms. The van der Waals surface area contributed by atoms with Crippen LogP contribution in [0.2, 0.25) is 0 Å². The van der Waals surface area contributed by atoms with E-state index in [4.69, 9.17) is 9.47 Å². The third-order valence-electron chi connectivity index (χ3n) is 5.16. The average molecular weight is 455 g/mol. The van der Waals surface area contributed by atoms with E-state index in [1.807, 2.05) is 60.1 Å². The topological polar surface area (TPSA) is 98.5 Å². The Labute approximate surface area is 191 Å². The number of anilines is 1. The molecule has 1 aliphatic rings. The van der Waals surface area contributed by atoms with Crippen molar-refractivity contribution in [1.82, 2.24) is 14.8 Å². The number of hydrogen-bond donors (Lipinski definition) is 2. The third-order valence-corrected chi connectivity index (χ3v) is 6.33. The number of nitrogens with one attached hydrogen (secondary N) is 1. The van der Waals surface area contributed by atoms with Gasteiger partial charge in [-0.2, -0.15) is 0 Å². The van der Waals surface area contributed by atoms with Crippen LogP contribution in [0.15, 0.2) is 60.0 Å². The van der Waals surface area contributed by atoms with Crippen molar-refractivity contribution in [3.8, 4) is 0 Å². The smallest absolute Gasteiger partial charge is 0.221 e. The van der Waals surface area contributed by atoms with Crippen LogP contribution in [0, 0.1) is 0 Å². The largest absolute Gasteiger partial charge is 0.392 e. The summed E-state index contributed by atoms with van der Waals surface area (Å²) in [7, 11) is 1.91. The van der Waals surface area contributed by atoms with Gasteiger partial charge in [-0.1, -0.05) is 48.2 Å². The maximum Gasteiger partial charge on any atom is 0.221 e. The van der Waals surface area contributed by atoms with Crippen molar-refractivity contribution in [3.63, 3.8) is 0 Å². The molecule has 0 radical (unpaired) electrons. The fourth-order valence-corrected chi connectivity index (χ4v) is 4.47. The first kappa shape index (κ1) is 22.5. The number of hydrogen-bond acceptors (Lipinski definition) is 7. The minimum atomic E-state index is -0.579. The molecule has 0 bridgehead atoms. The van der Waals surface area contributed by atoms with Gasteiger partial charge in [0, 0.05) is 37.4 Å². The first-order chi connectivity index (χ1) is 15.5. The molecule has 0 spiro atoms. The van der Waals surface area contributed by atoms with E-state index >= 15 is 0 Å². The molecule has 2 heterocycles. The number of carbonyl (C=O) groups excluding carboxylic acids is 1. The Hall–Kier alpha value is -2.72. The van der Waals surface area contributed by atoms with E-state index in [1.165, 1.54) is 6.92 Å². The number of rotatable bonds is 7. The summed E-state index contributed by atoms with van der Waals surface area (Å²) >= 11 is 1.59. The first-order valence-corrected chi connectivity index (χ1v) is 11.4. The van der Waals surface area contributed by atoms with Crippen LogP contribution >= 0.6 is 11.8 Å². The van der Waals surface area contributed by atoms with Crippen molar-refractivity contribution in [2.75, 3.05) is 11.1 Å². The van der Waals surface area contributed by atoms with E-state index in [-0.39, 0.29) is 24.7 Å². The van der Waals surface area contributed by atoms with E-state index in [0.717, 1.165) is 21.8 Å². The molecule has 1 aromatic heterocycles. The van der Waals surface area contributed by atoms with E-state index in [0.29, 0.717) is 17.9 Å². The third kappa shape index (κ3) is 5.55. The minimum Gasteiger partial charge on any atom is -0.392 e. The van der Waals surface area contributed by atoms with Gasteiger partial charge in [0.05, 0.1) is 18.8 Å². The number of nitrogens with zero attached hydrogens (tertiary/aromatic N) is 3. The summed E-state index contributed by atoms with van der Waals surface area (Å²) in [4.78, 5) is 11.5. The normalized spacial score (nSPS) is 20.8. The van der Waals surface area contributed by atoms with Crippen LogP contribution in [-0.2, 0) is 27.9 Å². The SMILES string of the molecule is CC(=O)Nc1cccc([C@@H]2O[C@H](CSc3nncn3C)C[C@H](c3ccc(CO)cc3)O2)c1. The number of aliphatic hydroxyl groups is 1. The minimum absolute atomic E-state index is 0.00441. The molecule has 0 saturated carbocycles. The zero-order chi connectivity index (χ0) is 22.5. The van der Waals surface area contributed by atoms with Gasteiger partial charge in [-0.25, -0.2) is 0 Å². The second kappa shape index (κ2) is 10.3. The van der Waals surface area contributed by atoms with Crippen LogP contribution in [0.4, 0.5) is 5.69 Å². The molecule has 9 heteroatoms. The Balaban J connectivity index is 1.55. The molecule has 0 unspecified atom stereocenters. The molecule has 1 aliphatic heterocycles. The average Bonchev–Trinajstić information content (AvgIpc) is 3.22. The lowest BCUT2D eigenvalue weighted by atomic mass is 10.0. The Bertz CT molecular complexity index is 1060. The van der Waals surface area contributed by atoms with Crippen LogP contribution in [-0.4, -0.2) is 37.6 Å². The van der Waals surface area contributed by atoms with E-state index in [1.54, 1.807) is 18.1 Å². The highest BCUT2D eigenvalue weighted by molar-refractivity contribution is 7.99. The van der Waals surface area contributed by atoms with Gasteiger partial charge < -0.3 is 24.5 Å². The second-order valence-electron chi connectivity index (χ2n) is 7.69. The maximum absolute atomic E-state index is 11.5. The van der Waals surface area contributed by atoms with Crippen LogP contribution in [0.1, 0.15) is 42.4 Å². The van der Waals surface area contributed by atoms with Crippen molar-refractivity contribution in [2.45, 2.75) is 43.6 Å². The van der Waals surface area contributed by atoms with Gasteiger partial charge in [0.1, 0.15) is 6.33 Å². The van der Waals surface area contributed by atoms with Crippen LogP contribution in [0.25, 0.3) is 0 Å². The highest BCUT2D eigenvalue weighted by Crippen LogP contribution is 2.39. The zero-order valence-corrected chi connectivity index (χ0v) is 18.8. The summed E-state index contributed by atoms with van der Waals surface area (Å²) < 4.78 is 14.5. The van der Waals surface area contributed by atoms with Crippen molar-refractivity contribution in [3.05, 3.63) is 71.5 Å². The molecule has 1 saturated heterocycles. The van der Waals surface area contributed by atoms with Crippen molar-refractivity contribution in [1.29, 1.82) is 0 Å². The van der Waals surface area contributed by atoms with Gasteiger partial charge in [-0.05, 0) is 23.3 Å². The molecule has 3 atom stereocenters. The predicted molar refractivity (Wildman–Crippen MR) is 121 cm³/mol. The van der Waals surface area contributed by atoms with Gasteiger partial charge in [0.2, 0.25) is 5.91 Å². The first-order valence-electron chi connectivity index (χ1n) is 10.4. The van der Waals surface area contributed by atoms with Crippen molar-refractivity contribution >= 4 is 23.4 Å². The number of benzene rings is 2. The molecule has 168 valence electrons. The Morgan fingerprint density at radius 2 is 2.03 bits per heavy atom. The maximum atomic E-state index is 11.5. The summed E-state index contributed by atoms with van der Waals surface area (Å²) in [5.41, 5.74) is 3.42. The number of ether oxygens (including phenoxy) is 2. The van der Waals surface area contributed by atoms with E-state index < -0.39 is 6.29 Å². The van der Waals surface area contributed by atoms with Gasteiger partial charge in [0.15, 0.2) is 11.4 Å². The molecule has 1 amide bonds. The Morgan fingerprint density at radius 1 is 1.22 bits per heavy atom. The van der Waals surface area contributed by atoms with Crippen LogP contribution in [0.3, 0.4) is 0 Å². The van der Waals surface area contributed by atoms with Gasteiger partial charge in [0.25, 0.3) is 0 Å². The molecular formula is C23H26N4O4S. The van der Waals surface area contributed by atoms with Crippen LogP contribution in [0.5, 0.6) is 0 Å². The Morgan fingerprint density at radius 3 is 2.72 bits per heavy atom. The fraction of sp³-hybridized carbons (Fsp3) is 0.348. The molecular weight excluding hydrogens is 428 g/mol. The number of amides is 1. The molecule has 3 aromatic rings. The van der Waals surface area contributed by atoms with Gasteiger partial charge in [-0.3, -0.25) is 4.79 Å². The highest BCUT2D eigenvalue weighted by atomic mass is 32.2. The molecule has 4 rings (SSSR count). The number of carbonyl (C=O) groups is 1. The predicted octanol–water partition coefficient (Wildman–Crippen LogP) is 3.60. The molecule has 8 nitrogen and oxygen atoms in total. The molecule has 2 aromatic carbocycles. The standard InChI is InChI=1S/C23H26N4O4S/c1-15(29)25-19-5-3-4-18(10-19)22-30-20(13-32-23-26-24-14-27(23)2)11-21(31-22)17-8-6-16(12-28)7-9-17/h3-10,14,20-22,28H,11-13H2,1-2H3,(H,25,29)/t20-,21+,22+/m0/s1. The monoisotopic (exact) mass is 454 g/mol. The Kier molecular flexibility index (Phi) is 7.21. The summed E-state index contributed by atoms with van der Waals surface area (Å²) in [5, 5.41) is 21.0. The number of aryl methyl sites for hydroxylation is 1. The van der Waals surface area contributed by atoms with Crippen molar-refractivity contribution < 1.29 is 19.4 Å². The number of aliphatic hydroxyl groups excluding tert-OH is 1. The van der Waals surface area contributed by atoms with Crippen molar-refractivity contribution in [2.24, 2.45) is 7.05 Å². The number of thioether (sulfide) groups is 1. The molecule has 2 N–H and O–H groups in total.